The van der Waals surface area contributed by atoms with Crippen molar-refractivity contribution in [2.75, 3.05) is 7.05 Å². The first-order chi connectivity index (χ1) is 8.43. The van der Waals surface area contributed by atoms with Crippen molar-refractivity contribution in [3.63, 3.8) is 0 Å². The molecule has 0 fully saturated rings. The number of hydrogen-bond acceptors (Lipinski definition) is 7. The minimum absolute atomic E-state index is 0.0326. The van der Waals surface area contributed by atoms with E-state index in [1.165, 1.54) is 11.5 Å². The minimum atomic E-state index is -0.0917. The number of aromatic nitrogens is 4. The monoisotopic (exact) mass is 267 g/mol. The summed E-state index contributed by atoms with van der Waals surface area (Å²) < 4.78 is 9.65. The summed E-state index contributed by atoms with van der Waals surface area (Å²) in [7, 11) is 1.85. The largest absolute Gasteiger partial charge is 0.418 e. The average Bonchev–Trinajstić information content (AvgIpc) is 2.94. The highest BCUT2D eigenvalue weighted by Crippen LogP contribution is 2.33. The van der Waals surface area contributed by atoms with Gasteiger partial charge in [0.1, 0.15) is 4.88 Å². The van der Waals surface area contributed by atoms with Gasteiger partial charge < -0.3 is 9.73 Å². The molecule has 2 aromatic heterocycles. The van der Waals surface area contributed by atoms with Crippen molar-refractivity contribution in [2.45, 2.75) is 39.2 Å². The lowest BCUT2D eigenvalue weighted by molar-refractivity contribution is 0.440. The fraction of sp³-hybridized carbons (Fsp3) is 0.636. The first-order valence-corrected chi connectivity index (χ1v) is 6.54. The molecule has 0 amide bonds. The summed E-state index contributed by atoms with van der Waals surface area (Å²) in [6.45, 7) is 8.22. The number of rotatable bonds is 3. The molecule has 0 saturated heterocycles. The number of hydrogen-bond donors (Lipinski definition) is 1. The van der Waals surface area contributed by atoms with Gasteiger partial charge in [0, 0.05) is 5.41 Å². The van der Waals surface area contributed by atoms with Crippen molar-refractivity contribution in [1.29, 1.82) is 0 Å². The van der Waals surface area contributed by atoms with Crippen LogP contribution in [0, 0.1) is 0 Å². The van der Waals surface area contributed by atoms with E-state index < -0.39 is 0 Å². The van der Waals surface area contributed by atoms with Gasteiger partial charge in [0.05, 0.1) is 11.7 Å². The van der Waals surface area contributed by atoms with Gasteiger partial charge in [-0.25, -0.2) is 0 Å². The lowest BCUT2D eigenvalue weighted by Gasteiger charge is -2.14. The molecule has 0 aliphatic carbocycles. The molecule has 0 radical (unpaired) electrons. The van der Waals surface area contributed by atoms with Crippen LogP contribution in [0.25, 0.3) is 10.8 Å². The van der Waals surface area contributed by atoms with Gasteiger partial charge in [-0.1, -0.05) is 25.3 Å². The summed E-state index contributed by atoms with van der Waals surface area (Å²) in [6.07, 6.45) is 0. The zero-order valence-corrected chi connectivity index (χ0v) is 12.0. The smallest absolute Gasteiger partial charge is 0.261 e. The maximum Gasteiger partial charge on any atom is 0.261 e. The van der Waals surface area contributed by atoms with E-state index >= 15 is 0 Å². The molecule has 1 N–H and O–H groups in total. The van der Waals surface area contributed by atoms with Crippen LogP contribution in [0.3, 0.4) is 0 Å². The summed E-state index contributed by atoms with van der Waals surface area (Å²) in [5.41, 5.74) is 0.797. The molecular formula is C11H17N5OS. The Balaban J connectivity index is 2.38. The van der Waals surface area contributed by atoms with Crippen LogP contribution in [0.4, 0.5) is 0 Å². The van der Waals surface area contributed by atoms with Gasteiger partial charge in [0.25, 0.3) is 5.89 Å². The summed E-state index contributed by atoms with van der Waals surface area (Å²) in [5, 5.41) is 15.3. The molecule has 1 unspecified atom stereocenters. The highest BCUT2D eigenvalue weighted by molar-refractivity contribution is 7.09. The summed E-state index contributed by atoms with van der Waals surface area (Å²) >= 11 is 1.28. The minimum Gasteiger partial charge on any atom is -0.418 e. The van der Waals surface area contributed by atoms with E-state index in [4.69, 9.17) is 4.42 Å². The molecule has 1 atom stereocenters. The van der Waals surface area contributed by atoms with E-state index in [0.717, 1.165) is 10.6 Å². The van der Waals surface area contributed by atoms with Gasteiger partial charge in [-0.15, -0.1) is 15.3 Å². The topological polar surface area (TPSA) is 76.7 Å². The molecule has 18 heavy (non-hydrogen) atoms. The SMILES string of the molecule is CNC(C)c1nnc(-c2snnc2C(C)(C)C)o1. The molecule has 2 rings (SSSR count). The van der Waals surface area contributed by atoms with Gasteiger partial charge in [0.15, 0.2) is 0 Å². The van der Waals surface area contributed by atoms with Crippen LogP contribution >= 0.6 is 11.5 Å². The summed E-state index contributed by atoms with van der Waals surface area (Å²) in [6, 6.07) is 0.0326. The van der Waals surface area contributed by atoms with Crippen molar-refractivity contribution in [3.8, 4) is 10.8 Å². The van der Waals surface area contributed by atoms with Crippen LogP contribution in [0.1, 0.15) is 45.3 Å². The van der Waals surface area contributed by atoms with Gasteiger partial charge in [-0.2, -0.15) is 0 Å². The van der Waals surface area contributed by atoms with E-state index in [1.807, 2.05) is 14.0 Å². The Morgan fingerprint density at radius 3 is 2.56 bits per heavy atom. The Morgan fingerprint density at radius 1 is 1.22 bits per heavy atom. The lowest BCUT2D eigenvalue weighted by atomic mass is 9.91. The highest BCUT2D eigenvalue weighted by atomic mass is 32.1. The zero-order valence-electron chi connectivity index (χ0n) is 11.2. The highest BCUT2D eigenvalue weighted by Gasteiger charge is 2.26. The van der Waals surface area contributed by atoms with Crippen molar-refractivity contribution in [1.82, 2.24) is 25.1 Å². The molecule has 2 heterocycles. The van der Waals surface area contributed by atoms with E-state index in [9.17, 15) is 0 Å². The predicted octanol–water partition coefficient (Wildman–Crippen LogP) is 2.17. The van der Waals surface area contributed by atoms with Gasteiger partial charge >= 0.3 is 0 Å². The second-order valence-electron chi connectivity index (χ2n) is 5.16. The van der Waals surface area contributed by atoms with Crippen LogP contribution in [0.5, 0.6) is 0 Å². The van der Waals surface area contributed by atoms with Gasteiger partial charge in [-0.05, 0) is 25.5 Å². The summed E-state index contributed by atoms with van der Waals surface area (Å²) in [4.78, 5) is 0.851. The van der Waals surface area contributed by atoms with Crippen molar-refractivity contribution >= 4 is 11.5 Å². The quantitative estimate of drug-likeness (QED) is 0.918. The van der Waals surface area contributed by atoms with E-state index in [1.54, 1.807) is 0 Å². The molecule has 0 saturated carbocycles. The zero-order chi connectivity index (χ0) is 13.3. The molecular weight excluding hydrogens is 250 g/mol. The third kappa shape index (κ3) is 2.41. The summed E-state index contributed by atoms with van der Waals surface area (Å²) in [5.74, 6) is 1.06. The van der Waals surface area contributed by atoms with Gasteiger partial charge in [0.2, 0.25) is 5.89 Å². The van der Waals surface area contributed by atoms with Crippen LogP contribution in [0.2, 0.25) is 0 Å². The van der Waals surface area contributed by atoms with Crippen molar-refractivity contribution < 1.29 is 4.42 Å². The van der Waals surface area contributed by atoms with Gasteiger partial charge in [-0.3, -0.25) is 0 Å². The van der Waals surface area contributed by atoms with Crippen LogP contribution < -0.4 is 5.32 Å². The van der Waals surface area contributed by atoms with Crippen LogP contribution in [0.15, 0.2) is 4.42 Å². The average molecular weight is 267 g/mol. The Bertz CT molecular complexity index is 528. The molecule has 0 aliphatic rings. The molecule has 0 bridgehead atoms. The molecule has 6 nitrogen and oxygen atoms in total. The fourth-order valence-corrected chi connectivity index (χ4v) is 2.24. The van der Waals surface area contributed by atoms with Crippen LogP contribution in [-0.2, 0) is 5.41 Å². The number of nitrogens with one attached hydrogen (secondary N) is 1. The first-order valence-electron chi connectivity index (χ1n) is 5.77. The molecule has 7 heteroatoms. The van der Waals surface area contributed by atoms with Crippen LogP contribution in [-0.4, -0.2) is 26.8 Å². The van der Waals surface area contributed by atoms with E-state index in [0.29, 0.717) is 11.8 Å². The molecule has 0 aliphatic heterocycles. The van der Waals surface area contributed by atoms with Crippen molar-refractivity contribution in [3.05, 3.63) is 11.6 Å². The standard InChI is InChI=1S/C11H17N5OS/c1-6(12-5)9-14-15-10(17-9)7-8(11(2,3)4)13-16-18-7/h6,12H,1-5H3. The number of nitrogens with zero attached hydrogens (tertiary/aromatic N) is 4. The Morgan fingerprint density at radius 2 is 1.94 bits per heavy atom. The second kappa shape index (κ2) is 4.74. The Labute approximate surface area is 110 Å². The lowest BCUT2D eigenvalue weighted by Crippen LogP contribution is -2.13. The third-order valence-corrected chi connectivity index (χ3v) is 3.35. The molecule has 2 aromatic rings. The maximum absolute atomic E-state index is 5.66. The third-order valence-electron chi connectivity index (χ3n) is 2.64. The maximum atomic E-state index is 5.66. The first kappa shape index (κ1) is 13.1. The molecule has 98 valence electrons. The fourth-order valence-electron chi connectivity index (χ4n) is 1.45. The van der Waals surface area contributed by atoms with E-state index in [2.05, 4.69) is 45.9 Å². The molecule has 0 aromatic carbocycles. The Hall–Kier alpha value is -1.34. The normalized spacial score (nSPS) is 13.8. The van der Waals surface area contributed by atoms with E-state index in [-0.39, 0.29) is 11.5 Å². The Kier molecular flexibility index (Phi) is 3.45. The second-order valence-corrected chi connectivity index (χ2v) is 5.91. The van der Waals surface area contributed by atoms with Crippen molar-refractivity contribution in [2.24, 2.45) is 0 Å². The predicted molar refractivity (Wildman–Crippen MR) is 69.4 cm³/mol. The molecule has 0 spiro atoms.